The van der Waals surface area contributed by atoms with Crippen molar-refractivity contribution in [2.24, 2.45) is 0 Å². The Bertz CT molecular complexity index is 1040. The van der Waals surface area contributed by atoms with Gasteiger partial charge >= 0.3 is 0 Å². The molecule has 3 fully saturated rings. The van der Waals surface area contributed by atoms with E-state index in [1.807, 2.05) is 13.0 Å². The van der Waals surface area contributed by atoms with Crippen LogP contribution in [0.25, 0.3) is 0 Å². The normalized spacial score (nSPS) is 24.3. The van der Waals surface area contributed by atoms with Crippen LogP contribution in [0.2, 0.25) is 0 Å². The average Bonchev–Trinajstić information content (AvgIpc) is 2.99. The Morgan fingerprint density at radius 1 is 0.971 bits per heavy atom. The first-order valence-electron chi connectivity index (χ1n) is 12.5. The first-order valence-corrected chi connectivity index (χ1v) is 14.0. The van der Waals surface area contributed by atoms with Gasteiger partial charge in [0.05, 0.1) is 41.0 Å². The predicted molar refractivity (Wildman–Crippen MR) is 130 cm³/mol. The molecule has 8 heteroatoms. The fourth-order valence-corrected chi connectivity index (χ4v) is 7.00. The second-order valence-corrected chi connectivity index (χ2v) is 11.4. The van der Waals surface area contributed by atoms with E-state index in [0.29, 0.717) is 30.4 Å². The van der Waals surface area contributed by atoms with Crippen molar-refractivity contribution in [2.45, 2.75) is 67.3 Å². The molecule has 3 atom stereocenters. The third-order valence-corrected chi connectivity index (χ3v) is 9.12. The van der Waals surface area contributed by atoms with Crippen molar-refractivity contribution < 1.29 is 22.1 Å². The number of rotatable bonds is 5. The van der Waals surface area contributed by atoms with Gasteiger partial charge in [0.15, 0.2) is 0 Å². The number of hydrogen-bond donors (Lipinski definition) is 2. The second-order valence-electron chi connectivity index (χ2n) is 9.44. The van der Waals surface area contributed by atoms with Crippen LogP contribution in [0, 0.1) is 11.6 Å². The Labute approximate surface area is 202 Å². The maximum absolute atomic E-state index is 13.6. The number of benzene rings is 2. The number of halogens is 2. The van der Waals surface area contributed by atoms with Crippen LogP contribution in [0.5, 0.6) is 0 Å². The highest BCUT2D eigenvalue weighted by molar-refractivity contribution is 7.91. The number of quaternary nitrogens is 1. The summed E-state index contributed by atoms with van der Waals surface area (Å²) in [6, 6.07) is 10.0. The second kappa shape index (κ2) is 11.1. The van der Waals surface area contributed by atoms with Crippen LogP contribution in [-0.2, 0) is 9.84 Å². The number of hydrogen-bond acceptors (Lipinski definition) is 4. The van der Waals surface area contributed by atoms with Crippen molar-refractivity contribution in [1.82, 2.24) is 5.32 Å². The Morgan fingerprint density at radius 2 is 1.62 bits per heavy atom. The number of nitrogens with zero attached hydrogens (tertiary/aromatic N) is 1. The summed E-state index contributed by atoms with van der Waals surface area (Å²) in [5.74, 6) is -1.80. The van der Waals surface area contributed by atoms with Crippen molar-refractivity contribution in [3.63, 3.8) is 0 Å². The fourth-order valence-electron chi connectivity index (χ4n) is 5.49. The third-order valence-electron chi connectivity index (χ3n) is 7.34. The number of para-hydroxylation sites is 1. The summed E-state index contributed by atoms with van der Waals surface area (Å²) in [6.45, 7) is 7.48. The van der Waals surface area contributed by atoms with Crippen molar-refractivity contribution in [1.29, 1.82) is 0 Å². The summed E-state index contributed by atoms with van der Waals surface area (Å²) in [5.41, 5.74) is 0.614. The third kappa shape index (κ3) is 5.44. The molecule has 0 aliphatic carbocycles. The molecule has 0 amide bonds. The number of fused-ring (bicyclic) bond motifs is 1. The SMILES string of the molecule is C1CCCNCC1.CCN(c1ccccc1S(=O)(=O)c1cc(F)cc(F)c1)C1CC[NH+]2CCC12. The lowest BCUT2D eigenvalue weighted by Gasteiger charge is -2.39. The van der Waals surface area contributed by atoms with Gasteiger partial charge in [0.2, 0.25) is 9.84 Å². The molecule has 0 aromatic heterocycles. The summed E-state index contributed by atoms with van der Waals surface area (Å²) in [4.78, 5) is 3.49. The maximum Gasteiger partial charge on any atom is 0.208 e. The van der Waals surface area contributed by atoms with Gasteiger partial charge in [0.1, 0.15) is 17.7 Å². The van der Waals surface area contributed by atoms with E-state index in [1.54, 1.807) is 17.0 Å². The standard InChI is InChI=1S/C20H22F2N2O2S.C6H13N/c1-2-24(18-8-10-23-9-7-17(18)23)19-5-3-4-6-20(19)27(25,26)16-12-14(21)11-15(22)13-16;1-2-4-6-7-5-3-1/h3-6,11-13,17-18H,2,7-10H2,1H3;7H,1-6H2/p+1. The van der Waals surface area contributed by atoms with Gasteiger partial charge < -0.3 is 15.1 Å². The van der Waals surface area contributed by atoms with Crippen LogP contribution >= 0.6 is 0 Å². The molecule has 0 bridgehead atoms. The first-order chi connectivity index (χ1) is 16.4. The molecule has 186 valence electrons. The number of anilines is 1. The van der Waals surface area contributed by atoms with Crippen LogP contribution in [0.3, 0.4) is 0 Å². The van der Waals surface area contributed by atoms with Crippen LogP contribution in [0.4, 0.5) is 14.5 Å². The molecule has 34 heavy (non-hydrogen) atoms. The quantitative estimate of drug-likeness (QED) is 0.673. The molecule has 2 aromatic carbocycles. The van der Waals surface area contributed by atoms with E-state index in [0.717, 1.165) is 31.5 Å². The highest BCUT2D eigenvalue weighted by atomic mass is 32.2. The van der Waals surface area contributed by atoms with Gasteiger partial charge in [-0.3, -0.25) is 0 Å². The summed E-state index contributed by atoms with van der Waals surface area (Å²) in [5, 5.41) is 3.35. The molecule has 3 heterocycles. The van der Waals surface area contributed by atoms with Crippen LogP contribution < -0.4 is 15.1 Å². The topological polar surface area (TPSA) is 53.9 Å². The van der Waals surface area contributed by atoms with Gasteiger partial charge in [-0.05, 0) is 57.1 Å². The van der Waals surface area contributed by atoms with Crippen molar-refractivity contribution in [2.75, 3.05) is 37.6 Å². The molecule has 0 saturated carbocycles. The fraction of sp³-hybridized carbons (Fsp3) is 0.538. The molecule has 0 radical (unpaired) electrons. The molecule has 3 aliphatic heterocycles. The monoisotopic (exact) mass is 492 g/mol. The van der Waals surface area contributed by atoms with Crippen molar-refractivity contribution >= 4 is 15.5 Å². The summed E-state index contributed by atoms with van der Waals surface area (Å²) in [6.07, 6.45) is 7.83. The molecule has 5 nitrogen and oxygen atoms in total. The number of nitrogens with one attached hydrogen (secondary N) is 2. The van der Waals surface area contributed by atoms with E-state index >= 15 is 0 Å². The largest absolute Gasteiger partial charge is 0.362 e. The molecule has 3 saturated heterocycles. The predicted octanol–water partition coefficient (Wildman–Crippen LogP) is 3.20. The number of sulfone groups is 1. The Hall–Kier alpha value is -2.03. The Kier molecular flexibility index (Phi) is 8.22. The van der Waals surface area contributed by atoms with Crippen LogP contribution in [0.1, 0.15) is 45.4 Å². The lowest BCUT2D eigenvalue weighted by Crippen LogP contribution is -3.20. The van der Waals surface area contributed by atoms with Gasteiger partial charge in [0.25, 0.3) is 0 Å². The van der Waals surface area contributed by atoms with E-state index in [-0.39, 0.29) is 9.79 Å². The lowest BCUT2D eigenvalue weighted by atomic mass is 9.98. The molecular formula is C26H36F2N3O2S+. The zero-order valence-corrected chi connectivity index (χ0v) is 20.7. The average molecular weight is 493 g/mol. The highest BCUT2D eigenvalue weighted by Crippen LogP contribution is 2.34. The zero-order valence-electron chi connectivity index (χ0n) is 19.9. The Balaban J connectivity index is 0.000000336. The molecule has 2 N–H and O–H groups in total. The zero-order chi connectivity index (χ0) is 24.1. The minimum atomic E-state index is -4.04. The van der Waals surface area contributed by atoms with Gasteiger partial charge in [-0.1, -0.05) is 25.0 Å². The lowest BCUT2D eigenvalue weighted by molar-refractivity contribution is -0.954. The minimum Gasteiger partial charge on any atom is -0.362 e. The maximum atomic E-state index is 13.6. The van der Waals surface area contributed by atoms with E-state index in [1.165, 1.54) is 51.4 Å². The summed E-state index contributed by atoms with van der Waals surface area (Å²) in [7, 11) is -4.04. The van der Waals surface area contributed by atoms with Gasteiger partial charge in [0, 0.05) is 19.0 Å². The smallest absolute Gasteiger partial charge is 0.208 e. The minimum absolute atomic E-state index is 0.102. The summed E-state index contributed by atoms with van der Waals surface area (Å²) < 4.78 is 53.6. The highest BCUT2D eigenvalue weighted by Gasteiger charge is 2.47. The molecule has 3 unspecified atom stereocenters. The van der Waals surface area contributed by atoms with Crippen molar-refractivity contribution in [3.8, 4) is 0 Å². The Morgan fingerprint density at radius 3 is 2.21 bits per heavy atom. The number of likely N-dealkylation sites (N-methyl/N-ethyl adjacent to an activating group) is 1. The van der Waals surface area contributed by atoms with Gasteiger partial charge in [-0.25, -0.2) is 17.2 Å². The van der Waals surface area contributed by atoms with E-state index in [9.17, 15) is 17.2 Å². The summed E-state index contributed by atoms with van der Waals surface area (Å²) >= 11 is 0. The van der Waals surface area contributed by atoms with Crippen LogP contribution in [0.15, 0.2) is 52.3 Å². The first kappa shape index (κ1) is 25.1. The molecule has 5 rings (SSSR count). The molecular weight excluding hydrogens is 456 g/mol. The van der Waals surface area contributed by atoms with E-state index < -0.39 is 21.5 Å². The van der Waals surface area contributed by atoms with E-state index in [4.69, 9.17) is 0 Å². The van der Waals surface area contributed by atoms with E-state index in [2.05, 4.69) is 10.2 Å². The molecule has 2 aromatic rings. The molecule has 0 spiro atoms. The molecule has 3 aliphatic rings. The van der Waals surface area contributed by atoms with Crippen molar-refractivity contribution in [3.05, 3.63) is 54.1 Å². The van der Waals surface area contributed by atoms with Gasteiger partial charge in [-0.15, -0.1) is 0 Å². The van der Waals surface area contributed by atoms with Gasteiger partial charge in [-0.2, -0.15) is 0 Å². The van der Waals surface area contributed by atoms with Crippen LogP contribution in [-0.4, -0.2) is 53.2 Å².